The number of hydrogen-bond donors (Lipinski definition) is 2. The summed E-state index contributed by atoms with van der Waals surface area (Å²) in [4.78, 5) is 13.4. The van der Waals surface area contributed by atoms with Crippen molar-refractivity contribution < 1.29 is 9.53 Å². The van der Waals surface area contributed by atoms with Gasteiger partial charge in [0.1, 0.15) is 5.60 Å². The second-order valence-corrected chi connectivity index (χ2v) is 7.14. The number of carbonyl (C=O) groups is 1. The Morgan fingerprint density at radius 3 is 2.76 bits per heavy atom. The quantitative estimate of drug-likeness (QED) is 0.709. The van der Waals surface area contributed by atoms with E-state index < -0.39 is 5.60 Å². The number of carbonyl (C=O) groups excluding carboxylic acids is 1. The summed E-state index contributed by atoms with van der Waals surface area (Å²) >= 11 is 0. The standard InChI is InChI=1S/C16H33N3O2/c1-13(12-14-8-6-9-18-14)17-10-7-11-19(5)15(20)21-16(2,3)4/h13-14,17-18H,6-12H2,1-5H3. The molecule has 1 saturated heterocycles. The van der Waals surface area contributed by atoms with Crippen LogP contribution in [0, 0.1) is 0 Å². The zero-order valence-electron chi connectivity index (χ0n) is 14.4. The van der Waals surface area contributed by atoms with Crippen molar-refractivity contribution in [1.82, 2.24) is 15.5 Å². The summed E-state index contributed by atoms with van der Waals surface area (Å²) < 4.78 is 5.32. The van der Waals surface area contributed by atoms with Crippen molar-refractivity contribution in [3.63, 3.8) is 0 Å². The molecule has 0 radical (unpaired) electrons. The monoisotopic (exact) mass is 299 g/mol. The lowest BCUT2D eigenvalue weighted by molar-refractivity contribution is 0.0297. The third-order valence-electron chi connectivity index (χ3n) is 3.67. The lowest BCUT2D eigenvalue weighted by Gasteiger charge is -2.25. The molecule has 1 amide bonds. The van der Waals surface area contributed by atoms with Crippen molar-refractivity contribution in [2.75, 3.05) is 26.7 Å². The van der Waals surface area contributed by atoms with Gasteiger partial charge in [0, 0.05) is 25.7 Å². The van der Waals surface area contributed by atoms with Crippen molar-refractivity contribution in [1.29, 1.82) is 0 Å². The van der Waals surface area contributed by atoms with Gasteiger partial charge in [0.25, 0.3) is 0 Å². The highest BCUT2D eigenvalue weighted by Gasteiger charge is 2.19. The average molecular weight is 299 g/mol. The van der Waals surface area contributed by atoms with E-state index in [4.69, 9.17) is 4.74 Å². The molecular formula is C16H33N3O2. The number of nitrogens with zero attached hydrogens (tertiary/aromatic N) is 1. The van der Waals surface area contributed by atoms with Crippen LogP contribution in [0.4, 0.5) is 4.79 Å². The molecule has 1 rings (SSSR count). The molecule has 2 N–H and O–H groups in total. The Morgan fingerprint density at radius 2 is 2.19 bits per heavy atom. The first-order chi connectivity index (χ1) is 9.78. The van der Waals surface area contributed by atoms with Crippen LogP contribution in [0.5, 0.6) is 0 Å². The normalized spacial score (nSPS) is 20.3. The molecule has 2 unspecified atom stereocenters. The minimum atomic E-state index is -0.424. The minimum absolute atomic E-state index is 0.245. The highest BCUT2D eigenvalue weighted by atomic mass is 16.6. The van der Waals surface area contributed by atoms with Crippen LogP contribution in [-0.2, 0) is 4.74 Å². The Morgan fingerprint density at radius 1 is 1.48 bits per heavy atom. The van der Waals surface area contributed by atoms with Crippen LogP contribution in [0.25, 0.3) is 0 Å². The Bertz CT molecular complexity index is 309. The third kappa shape index (κ3) is 8.27. The number of amides is 1. The highest BCUT2D eigenvalue weighted by Crippen LogP contribution is 2.11. The first-order valence-corrected chi connectivity index (χ1v) is 8.19. The molecule has 1 fully saturated rings. The maximum Gasteiger partial charge on any atom is 0.410 e. The Labute approximate surface area is 129 Å². The predicted molar refractivity (Wildman–Crippen MR) is 86.6 cm³/mol. The molecule has 0 spiro atoms. The van der Waals surface area contributed by atoms with E-state index in [0.717, 1.165) is 26.1 Å². The summed E-state index contributed by atoms with van der Waals surface area (Å²) in [6, 6.07) is 1.20. The largest absolute Gasteiger partial charge is 0.444 e. The van der Waals surface area contributed by atoms with Crippen LogP contribution in [0.1, 0.15) is 53.4 Å². The maximum atomic E-state index is 11.8. The van der Waals surface area contributed by atoms with Crippen LogP contribution in [0.3, 0.4) is 0 Å². The molecule has 0 aliphatic carbocycles. The van der Waals surface area contributed by atoms with E-state index in [-0.39, 0.29) is 6.09 Å². The number of hydrogen-bond acceptors (Lipinski definition) is 4. The van der Waals surface area contributed by atoms with Gasteiger partial charge in [-0.05, 0) is 66.5 Å². The molecule has 1 aliphatic rings. The van der Waals surface area contributed by atoms with E-state index in [2.05, 4.69) is 17.6 Å². The molecule has 5 heteroatoms. The Kier molecular flexibility index (Phi) is 7.46. The number of ether oxygens (including phenoxy) is 1. The van der Waals surface area contributed by atoms with E-state index in [1.54, 1.807) is 11.9 Å². The molecule has 21 heavy (non-hydrogen) atoms. The van der Waals surface area contributed by atoms with E-state index in [1.165, 1.54) is 19.3 Å². The molecule has 1 aliphatic heterocycles. The van der Waals surface area contributed by atoms with Crippen LogP contribution in [0.2, 0.25) is 0 Å². The highest BCUT2D eigenvalue weighted by molar-refractivity contribution is 5.67. The summed E-state index contributed by atoms with van der Waals surface area (Å²) in [5.74, 6) is 0. The molecule has 0 aromatic heterocycles. The van der Waals surface area contributed by atoms with Crippen molar-refractivity contribution in [3.8, 4) is 0 Å². The van der Waals surface area contributed by atoms with Gasteiger partial charge in [0.2, 0.25) is 0 Å². The fourth-order valence-electron chi connectivity index (χ4n) is 2.56. The van der Waals surface area contributed by atoms with Gasteiger partial charge < -0.3 is 20.3 Å². The summed E-state index contributed by atoms with van der Waals surface area (Å²) in [5.41, 5.74) is -0.424. The zero-order chi connectivity index (χ0) is 15.9. The Balaban J connectivity index is 2.08. The minimum Gasteiger partial charge on any atom is -0.444 e. The molecule has 0 bridgehead atoms. The van der Waals surface area contributed by atoms with Gasteiger partial charge in [0.15, 0.2) is 0 Å². The van der Waals surface area contributed by atoms with Crippen LogP contribution < -0.4 is 10.6 Å². The average Bonchev–Trinajstić information content (AvgIpc) is 2.85. The van der Waals surface area contributed by atoms with Crippen LogP contribution in [0.15, 0.2) is 0 Å². The molecule has 5 nitrogen and oxygen atoms in total. The van der Waals surface area contributed by atoms with Gasteiger partial charge in [-0.25, -0.2) is 4.79 Å². The maximum absolute atomic E-state index is 11.8. The van der Waals surface area contributed by atoms with Gasteiger partial charge in [-0.15, -0.1) is 0 Å². The van der Waals surface area contributed by atoms with Crippen molar-refractivity contribution in [2.24, 2.45) is 0 Å². The second kappa shape index (κ2) is 8.59. The summed E-state index contributed by atoms with van der Waals surface area (Å²) in [6.07, 6.45) is 4.48. The van der Waals surface area contributed by atoms with Crippen molar-refractivity contribution in [2.45, 2.75) is 71.1 Å². The smallest absolute Gasteiger partial charge is 0.410 e. The van der Waals surface area contributed by atoms with Gasteiger partial charge >= 0.3 is 6.09 Å². The lowest BCUT2D eigenvalue weighted by Crippen LogP contribution is -2.37. The second-order valence-electron chi connectivity index (χ2n) is 7.14. The third-order valence-corrected chi connectivity index (χ3v) is 3.67. The zero-order valence-corrected chi connectivity index (χ0v) is 14.4. The molecule has 124 valence electrons. The van der Waals surface area contributed by atoms with E-state index in [0.29, 0.717) is 12.1 Å². The first-order valence-electron chi connectivity index (χ1n) is 8.19. The molecule has 0 aromatic rings. The first kappa shape index (κ1) is 18.2. The van der Waals surface area contributed by atoms with E-state index in [1.807, 2.05) is 20.8 Å². The topological polar surface area (TPSA) is 53.6 Å². The van der Waals surface area contributed by atoms with E-state index >= 15 is 0 Å². The fourth-order valence-corrected chi connectivity index (χ4v) is 2.56. The molecule has 1 heterocycles. The fraction of sp³-hybridized carbons (Fsp3) is 0.938. The predicted octanol–water partition coefficient (Wildman–Crippen LogP) is 2.36. The molecule has 2 atom stereocenters. The van der Waals surface area contributed by atoms with Crippen LogP contribution in [-0.4, -0.2) is 55.4 Å². The molecular weight excluding hydrogens is 266 g/mol. The van der Waals surface area contributed by atoms with Crippen molar-refractivity contribution in [3.05, 3.63) is 0 Å². The molecule has 0 aromatic carbocycles. The van der Waals surface area contributed by atoms with Gasteiger partial charge in [-0.2, -0.15) is 0 Å². The Hall–Kier alpha value is -0.810. The SMILES string of the molecule is CC(CC1CCCN1)NCCCN(C)C(=O)OC(C)(C)C. The number of nitrogens with one attached hydrogen (secondary N) is 2. The van der Waals surface area contributed by atoms with Crippen molar-refractivity contribution >= 4 is 6.09 Å². The van der Waals surface area contributed by atoms with Crippen LogP contribution >= 0.6 is 0 Å². The van der Waals surface area contributed by atoms with E-state index in [9.17, 15) is 4.79 Å². The summed E-state index contributed by atoms with van der Waals surface area (Å²) in [7, 11) is 1.79. The lowest BCUT2D eigenvalue weighted by atomic mass is 10.1. The number of rotatable bonds is 7. The summed E-state index contributed by atoms with van der Waals surface area (Å²) in [6.45, 7) is 10.7. The van der Waals surface area contributed by atoms with Gasteiger partial charge in [-0.1, -0.05) is 0 Å². The molecule has 0 saturated carbocycles. The van der Waals surface area contributed by atoms with Gasteiger partial charge in [0.05, 0.1) is 0 Å². The van der Waals surface area contributed by atoms with Gasteiger partial charge in [-0.3, -0.25) is 0 Å². The summed E-state index contributed by atoms with van der Waals surface area (Å²) in [5, 5.41) is 7.06.